The largest absolute Gasteiger partial charge is 0.489 e. The third kappa shape index (κ3) is 8.19. The number of aromatic nitrogens is 2. The lowest BCUT2D eigenvalue weighted by atomic mass is 10.2. The first-order valence-electron chi connectivity index (χ1n) is 9.17. The van der Waals surface area contributed by atoms with Gasteiger partial charge in [-0.05, 0) is 57.9 Å². The molecule has 7 heteroatoms. The highest BCUT2D eigenvalue weighted by Crippen LogP contribution is 2.13. The fourth-order valence-corrected chi connectivity index (χ4v) is 2.76. The van der Waals surface area contributed by atoms with Gasteiger partial charge in [-0.15, -0.1) is 24.0 Å². The molecule has 0 saturated heterocycles. The minimum atomic E-state index is 0. The van der Waals surface area contributed by atoms with Crippen LogP contribution in [0.2, 0.25) is 0 Å². The third-order valence-electron chi connectivity index (χ3n) is 4.05. The summed E-state index contributed by atoms with van der Waals surface area (Å²) < 4.78 is 7.98. The smallest absolute Gasteiger partial charge is 0.191 e. The van der Waals surface area contributed by atoms with Crippen LogP contribution in [0.25, 0.3) is 0 Å². The summed E-state index contributed by atoms with van der Waals surface area (Å²) in [6.07, 6.45) is 1.03. The predicted molar refractivity (Wildman–Crippen MR) is 122 cm³/mol. The molecule has 27 heavy (non-hydrogen) atoms. The Morgan fingerprint density at radius 3 is 2.63 bits per heavy atom. The summed E-state index contributed by atoms with van der Waals surface area (Å²) >= 11 is 0. The van der Waals surface area contributed by atoms with Gasteiger partial charge in [-0.1, -0.05) is 12.1 Å². The Labute approximate surface area is 179 Å². The van der Waals surface area contributed by atoms with Crippen LogP contribution < -0.4 is 15.4 Å². The van der Waals surface area contributed by atoms with Crippen molar-refractivity contribution in [1.29, 1.82) is 0 Å². The maximum absolute atomic E-state index is 5.93. The van der Waals surface area contributed by atoms with Crippen molar-refractivity contribution in [2.45, 2.75) is 46.8 Å². The number of aliphatic imine (C=N–C) groups is 1. The van der Waals surface area contributed by atoms with E-state index in [1.54, 1.807) is 7.05 Å². The molecule has 0 aliphatic rings. The summed E-state index contributed by atoms with van der Waals surface area (Å²) in [7, 11) is 1.78. The fourth-order valence-electron chi connectivity index (χ4n) is 2.76. The molecule has 2 rings (SSSR count). The van der Waals surface area contributed by atoms with Crippen molar-refractivity contribution in [3.8, 4) is 5.75 Å². The van der Waals surface area contributed by atoms with E-state index in [9.17, 15) is 0 Å². The van der Waals surface area contributed by atoms with Crippen LogP contribution in [0.15, 0.2) is 35.3 Å². The van der Waals surface area contributed by atoms with E-state index in [0.717, 1.165) is 36.9 Å². The molecule has 1 unspecified atom stereocenters. The number of guanidine groups is 1. The summed E-state index contributed by atoms with van der Waals surface area (Å²) in [4.78, 5) is 4.26. The number of benzene rings is 1. The molecule has 0 spiro atoms. The topological polar surface area (TPSA) is 63.5 Å². The Bertz CT molecular complexity index is 729. The Hall–Kier alpha value is -1.77. The Morgan fingerprint density at radius 1 is 1.22 bits per heavy atom. The first-order chi connectivity index (χ1) is 12.5. The average molecular weight is 485 g/mol. The van der Waals surface area contributed by atoms with Gasteiger partial charge in [-0.3, -0.25) is 9.67 Å². The molecule has 1 aromatic carbocycles. The van der Waals surface area contributed by atoms with Crippen molar-refractivity contribution >= 4 is 29.9 Å². The van der Waals surface area contributed by atoms with E-state index in [2.05, 4.69) is 46.7 Å². The highest BCUT2D eigenvalue weighted by Gasteiger charge is 2.06. The Balaban J connectivity index is 0.00000364. The van der Waals surface area contributed by atoms with Crippen molar-refractivity contribution in [3.05, 3.63) is 47.3 Å². The van der Waals surface area contributed by atoms with Gasteiger partial charge < -0.3 is 15.4 Å². The van der Waals surface area contributed by atoms with Crippen LogP contribution in [0.5, 0.6) is 5.75 Å². The van der Waals surface area contributed by atoms with Crippen molar-refractivity contribution in [1.82, 2.24) is 20.4 Å². The van der Waals surface area contributed by atoms with Crippen LogP contribution in [-0.2, 0) is 6.54 Å². The lowest BCUT2D eigenvalue weighted by molar-refractivity contribution is 0.223. The minimum Gasteiger partial charge on any atom is -0.489 e. The molecule has 0 amide bonds. The van der Waals surface area contributed by atoms with Crippen molar-refractivity contribution in [2.24, 2.45) is 4.99 Å². The van der Waals surface area contributed by atoms with Gasteiger partial charge in [0.1, 0.15) is 11.9 Å². The van der Waals surface area contributed by atoms with E-state index < -0.39 is 0 Å². The van der Waals surface area contributed by atoms with E-state index in [4.69, 9.17) is 4.74 Å². The number of ether oxygens (including phenoxy) is 1. The molecule has 0 aliphatic heterocycles. The molecule has 2 aromatic rings. The van der Waals surface area contributed by atoms with Crippen LogP contribution in [0.1, 0.15) is 30.3 Å². The molecule has 0 saturated carbocycles. The molecule has 0 radical (unpaired) electrons. The number of nitrogens with zero attached hydrogens (tertiary/aromatic N) is 3. The molecule has 150 valence electrons. The Kier molecular flexibility index (Phi) is 10.2. The lowest BCUT2D eigenvalue weighted by Crippen LogP contribution is -2.42. The number of rotatable bonds is 8. The van der Waals surface area contributed by atoms with Crippen LogP contribution in [0, 0.1) is 20.8 Å². The highest BCUT2D eigenvalue weighted by molar-refractivity contribution is 14.0. The maximum atomic E-state index is 5.93. The molecular formula is C20H32IN5O. The standard InChI is InChI=1S/C20H31N5O.HI/c1-15-8-6-9-19(12-15)26-18(4)14-23-20(21-5)22-10-7-11-25-17(3)13-16(2)24-25;/h6,8-9,12-13,18H,7,10-11,14H2,1-5H3,(H2,21,22,23);1H. The number of nitrogens with one attached hydrogen (secondary N) is 2. The average Bonchev–Trinajstić information content (AvgIpc) is 2.91. The van der Waals surface area contributed by atoms with Gasteiger partial charge >= 0.3 is 0 Å². The Morgan fingerprint density at radius 2 is 2.00 bits per heavy atom. The summed E-state index contributed by atoms with van der Waals surface area (Å²) in [5, 5.41) is 11.1. The third-order valence-corrected chi connectivity index (χ3v) is 4.05. The van der Waals surface area contributed by atoms with E-state index in [-0.39, 0.29) is 30.1 Å². The first kappa shape index (κ1) is 23.3. The van der Waals surface area contributed by atoms with Crippen LogP contribution in [0.3, 0.4) is 0 Å². The van der Waals surface area contributed by atoms with Crippen LogP contribution in [-0.4, -0.2) is 42.0 Å². The SMILES string of the molecule is CN=C(NCCCn1nc(C)cc1C)NCC(C)Oc1cccc(C)c1.I. The van der Waals surface area contributed by atoms with Crippen molar-refractivity contribution < 1.29 is 4.74 Å². The van der Waals surface area contributed by atoms with E-state index >= 15 is 0 Å². The fraction of sp³-hybridized carbons (Fsp3) is 0.500. The van der Waals surface area contributed by atoms with E-state index in [1.807, 2.05) is 36.7 Å². The molecule has 0 aliphatic carbocycles. The number of halogens is 1. The predicted octanol–water partition coefficient (Wildman–Crippen LogP) is 3.45. The molecule has 0 fully saturated rings. The molecule has 1 heterocycles. The monoisotopic (exact) mass is 485 g/mol. The van der Waals surface area contributed by atoms with Gasteiger partial charge in [-0.2, -0.15) is 5.10 Å². The summed E-state index contributed by atoms with van der Waals surface area (Å²) in [5.41, 5.74) is 3.46. The zero-order valence-corrected chi connectivity index (χ0v) is 19.3. The molecule has 6 nitrogen and oxygen atoms in total. The highest BCUT2D eigenvalue weighted by atomic mass is 127. The van der Waals surface area contributed by atoms with E-state index in [1.165, 1.54) is 11.3 Å². The van der Waals surface area contributed by atoms with Gasteiger partial charge in [-0.25, -0.2) is 0 Å². The molecule has 1 atom stereocenters. The zero-order valence-electron chi connectivity index (χ0n) is 17.0. The molecular weight excluding hydrogens is 453 g/mol. The second kappa shape index (κ2) is 11.8. The van der Waals surface area contributed by atoms with Crippen molar-refractivity contribution in [2.75, 3.05) is 20.1 Å². The van der Waals surface area contributed by atoms with Crippen molar-refractivity contribution in [3.63, 3.8) is 0 Å². The zero-order chi connectivity index (χ0) is 18.9. The summed E-state index contributed by atoms with van der Waals surface area (Å²) in [6.45, 7) is 10.6. The van der Waals surface area contributed by atoms with Gasteiger partial charge in [0.25, 0.3) is 0 Å². The number of hydrogen-bond donors (Lipinski definition) is 2. The second-order valence-corrected chi connectivity index (χ2v) is 6.63. The second-order valence-electron chi connectivity index (χ2n) is 6.63. The number of hydrogen-bond acceptors (Lipinski definition) is 3. The minimum absolute atomic E-state index is 0. The normalized spacial score (nSPS) is 12.3. The molecule has 2 N–H and O–H groups in total. The molecule has 1 aromatic heterocycles. The maximum Gasteiger partial charge on any atom is 0.191 e. The van der Waals surface area contributed by atoms with Gasteiger partial charge in [0, 0.05) is 25.8 Å². The van der Waals surface area contributed by atoms with Gasteiger partial charge in [0.05, 0.1) is 12.2 Å². The van der Waals surface area contributed by atoms with Crippen LogP contribution >= 0.6 is 24.0 Å². The number of aryl methyl sites for hydroxylation is 4. The quantitative estimate of drug-likeness (QED) is 0.260. The first-order valence-corrected chi connectivity index (χ1v) is 9.17. The van der Waals surface area contributed by atoms with Crippen LogP contribution in [0.4, 0.5) is 0 Å². The molecule has 0 bridgehead atoms. The summed E-state index contributed by atoms with van der Waals surface area (Å²) in [6, 6.07) is 10.2. The lowest BCUT2D eigenvalue weighted by Gasteiger charge is -2.18. The van der Waals surface area contributed by atoms with Gasteiger partial charge in [0.15, 0.2) is 5.96 Å². The summed E-state index contributed by atoms with van der Waals surface area (Å²) in [5.74, 6) is 1.69. The van der Waals surface area contributed by atoms with E-state index in [0.29, 0.717) is 6.54 Å². The van der Waals surface area contributed by atoms with Gasteiger partial charge in [0.2, 0.25) is 0 Å².